The highest BCUT2D eigenvalue weighted by atomic mass is 19.1. The molecule has 0 spiro atoms. The average Bonchev–Trinajstić information content (AvgIpc) is 3.07. The van der Waals surface area contributed by atoms with Gasteiger partial charge < -0.3 is 19.9 Å². The summed E-state index contributed by atoms with van der Waals surface area (Å²) in [6.45, 7) is 6.27. The van der Waals surface area contributed by atoms with Crippen LogP contribution in [0.25, 0.3) is 0 Å². The van der Waals surface area contributed by atoms with Gasteiger partial charge >= 0.3 is 0 Å². The lowest BCUT2D eigenvalue weighted by atomic mass is 10.1. The molecule has 0 saturated carbocycles. The third-order valence-electron chi connectivity index (χ3n) is 3.68. The molecule has 7 nitrogen and oxygen atoms in total. The highest BCUT2D eigenvalue weighted by Crippen LogP contribution is 2.17. The molecule has 142 valence electrons. The molecule has 0 aliphatic rings. The number of hydrogen-bond acceptors (Lipinski definition) is 5. The minimum absolute atomic E-state index is 0.240. The quantitative estimate of drug-likeness (QED) is 0.578. The summed E-state index contributed by atoms with van der Waals surface area (Å²) in [7, 11) is 1.58. The molecule has 0 saturated heterocycles. The van der Waals surface area contributed by atoms with E-state index in [1.807, 2.05) is 13.8 Å². The van der Waals surface area contributed by atoms with Gasteiger partial charge in [0.1, 0.15) is 17.7 Å². The van der Waals surface area contributed by atoms with Crippen LogP contribution in [0.4, 0.5) is 8.78 Å². The molecular weight excluding hydrogens is 344 g/mol. The van der Waals surface area contributed by atoms with E-state index >= 15 is 0 Å². The van der Waals surface area contributed by atoms with Crippen LogP contribution in [0.2, 0.25) is 0 Å². The Labute approximate surface area is 150 Å². The molecule has 0 aliphatic heterocycles. The Morgan fingerprint density at radius 3 is 2.77 bits per heavy atom. The standard InChI is InChI=1S/C17H23F2N5O2/c1-5-25-11(3)16-23-15(26-24-16)9-21-17(20-4)22-10(2)13-7-6-12(18)8-14(13)19/h6-8,10-11H,5,9H2,1-4H3,(H2,20,21,22). The van der Waals surface area contributed by atoms with Gasteiger partial charge in [-0.25, -0.2) is 8.78 Å². The van der Waals surface area contributed by atoms with E-state index in [-0.39, 0.29) is 12.6 Å². The molecule has 0 radical (unpaired) electrons. The van der Waals surface area contributed by atoms with E-state index in [4.69, 9.17) is 9.26 Å². The molecule has 0 fully saturated rings. The van der Waals surface area contributed by atoms with Gasteiger partial charge in [-0.1, -0.05) is 11.2 Å². The van der Waals surface area contributed by atoms with E-state index in [0.717, 1.165) is 6.07 Å². The van der Waals surface area contributed by atoms with Crippen LogP contribution >= 0.6 is 0 Å². The molecule has 1 heterocycles. The van der Waals surface area contributed by atoms with Gasteiger partial charge in [-0.2, -0.15) is 4.98 Å². The second-order valence-corrected chi connectivity index (χ2v) is 5.60. The molecule has 2 N–H and O–H groups in total. The summed E-state index contributed by atoms with van der Waals surface area (Å²) in [4.78, 5) is 8.32. The van der Waals surface area contributed by atoms with Crippen molar-refractivity contribution in [2.45, 2.75) is 39.5 Å². The first-order valence-electron chi connectivity index (χ1n) is 8.30. The smallest absolute Gasteiger partial charge is 0.246 e. The molecule has 0 bridgehead atoms. The van der Waals surface area contributed by atoms with E-state index in [9.17, 15) is 8.78 Å². The van der Waals surface area contributed by atoms with Crippen molar-refractivity contribution in [2.24, 2.45) is 4.99 Å². The van der Waals surface area contributed by atoms with Crippen molar-refractivity contribution in [2.75, 3.05) is 13.7 Å². The lowest BCUT2D eigenvalue weighted by Crippen LogP contribution is -2.38. The minimum Gasteiger partial charge on any atom is -0.371 e. The highest BCUT2D eigenvalue weighted by Gasteiger charge is 2.16. The van der Waals surface area contributed by atoms with E-state index < -0.39 is 17.7 Å². The Bertz CT molecular complexity index is 751. The van der Waals surface area contributed by atoms with Gasteiger partial charge in [-0.15, -0.1) is 0 Å². The molecule has 9 heteroatoms. The molecular formula is C17H23F2N5O2. The number of halogens is 2. The largest absolute Gasteiger partial charge is 0.371 e. The number of aliphatic imine (C=N–C) groups is 1. The van der Waals surface area contributed by atoms with Crippen LogP contribution in [0.5, 0.6) is 0 Å². The summed E-state index contributed by atoms with van der Waals surface area (Å²) < 4.78 is 37.5. The zero-order valence-electron chi connectivity index (χ0n) is 15.2. The number of aromatic nitrogens is 2. The van der Waals surface area contributed by atoms with E-state index in [1.165, 1.54) is 12.1 Å². The van der Waals surface area contributed by atoms with Crippen molar-refractivity contribution in [3.63, 3.8) is 0 Å². The van der Waals surface area contributed by atoms with E-state index in [0.29, 0.717) is 29.8 Å². The van der Waals surface area contributed by atoms with Gasteiger partial charge in [0, 0.05) is 25.3 Å². The monoisotopic (exact) mass is 367 g/mol. The number of nitrogens with one attached hydrogen (secondary N) is 2. The van der Waals surface area contributed by atoms with E-state index in [2.05, 4.69) is 25.8 Å². The molecule has 2 rings (SSSR count). The minimum atomic E-state index is -0.619. The summed E-state index contributed by atoms with van der Waals surface area (Å²) in [6.07, 6.45) is -0.253. The van der Waals surface area contributed by atoms with Crippen LogP contribution in [-0.4, -0.2) is 29.8 Å². The zero-order chi connectivity index (χ0) is 19.1. The Morgan fingerprint density at radius 1 is 1.35 bits per heavy atom. The molecule has 1 aromatic carbocycles. The highest BCUT2D eigenvalue weighted by molar-refractivity contribution is 5.80. The molecule has 0 aliphatic carbocycles. The van der Waals surface area contributed by atoms with Crippen molar-refractivity contribution in [3.8, 4) is 0 Å². The van der Waals surface area contributed by atoms with Crippen molar-refractivity contribution >= 4 is 5.96 Å². The topological polar surface area (TPSA) is 84.6 Å². The van der Waals surface area contributed by atoms with Crippen LogP contribution in [0.15, 0.2) is 27.7 Å². The summed E-state index contributed by atoms with van der Waals surface area (Å²) >= 11 is 0. The first-order chi connectivity index (χ1) is 12.4. The summed E-state index contributed by atoms with van der Waals surface area (Å²) in [5, 5.41) is 9.90. The second-order valence-electron chi connectivity index (χ2n) is 5.60. The summed E-state index contributed by atoms with van der Waals surface area (Å²) in [6, 6.07) is 3.04. The van der Waals surface area contributed by atoms with Crippen LogP contribution < -0.4 is 10.6 Å². The Morgan fingerprint density at radius 2 is 2.12 bits per heavy atom. The molecule has 0 amide bonds. The molecule has 2 aromatic rings. The van der Waals surface area contributed by atoms with Gasteiger partial charge in [-0.05, 0) is 26.8 Å². The normalized spacial score (nSPS) is 14.2. The fraction of sp³-hybridized carbons (Fsp3) is 0.471. The van der Waals surface area contributed by atoms with Crippen molar-refractivity contribution in [1.82, 2.24) is 20.8 Å². The Hall–Kier alpha value is -2.55. The Balaban J connectivity index is 1.93. The number of rotatable bonds is 7. The lowest BCUT2D eigenvalue weighted by molar-refractivity contribution is 0.0683. The first kappa shape index (κ1) is 19.8. The van der Waals surface area contributed by atoms with E-state index in [1.54, 1.807) is 14.0 Å². The fourth-order valence-electron chi connectivity index (χ4n) is 2.32. The predicted molar refractivity (Wildman–Crippen MR) is 92.4 cm³/mol. The van der Waals surface area contributed by atoms with Gasteiger partial charge in [-0.3, -0.25) is 4.99 Å². The first-order valence-corrected chi connectivity index (χ1v) is 8.30. The van der Waals surface area contributed by atoms with Crippen LogP contribution in [0.1, 0.15) is 50.2 Å². The summed E-state index contributed by atoms with van der Waals surface area (Å²) in [5.41, 5.74) is 0.333. The Kier molecular flexibility index (Phi) is 7.02. The van der Waals surface area contributed by atoms with Crippen LogP contribution in [0, 0.1) is 11.6 Å². The summed E-state index contributed by atoms with van der Waals surface area (Å²) in [5.74, 6) is 0.0173. The maximum atomic E-state index is 13.9. The second kappa shape index (κ2) is 9.23. The van der Waals surface area contributed by atoms with Gasteiger partial charge in [0.05, 0.1) is 12.6 Å². The van der Waals surface area contributed by atoms with Gasteiger partial charge in [0.2, 0.25) is 5.89 Å². The van der Waals surface area contributed by atoms with Crippen molar-refractivity contribution in [1.29, 1.82) is 0 Å². The lowest BCUT2D eigenvalue weighted by Gasteiger charge is -2.18. The fourth-order valence-corrected chi connectivity index (χ4v) is 2.32. The number of nitrogens with zero attached hydrogens (tertiary/aromatic N) is 3. The maximum Gasteiger partial charge on any atom is 0.246 e. The number of ether oxygens (including phenoxy) is 1. The third kappa shape index (κ3) is 5.22. The average molecular weight is 367 g/mol. The maximum absolute atomic E-state index is 13.9. The van der Waals surface area contributed by atoms with Crippen LogP contribution in [-0.2, 0) is 11.3 Å². The molecule has 26 heavy (non-hydrogen) atoms. The number of benzene rings is 1. The number of guanidine groups is 1. The van der Waals surface area contributed by atoms with Crippen molar-refractivity contribution in [3.05, 3.63) is 47.1 Å². The van der Waals surface area contributed by atoms with Gasteiger partial charge in [0.25, 0.3) is 0 Å². The third-order valence-corrected chi connectivity index (χ3v) is 3.68. The number of hydrogen-bond donors (Lipinski definition) is 2. The van der Waals surface area contributed by atoms with Crippen LogP contribution in [0.3, 0.4) is 0 Å². The molecule has 2 unspecified atom stereocenters. The molecule has 1 aromatic heterocycles. The SMILES string of the molecule is CCOC(C)c1noc(CNC(=NC)NC(C)c2ccc(F)cc2F)n1. The molecule has 2 atom stereocenters. The zero-order valence-corrected chi connectivity index (χ0v) is 15.2. The van der Waals surface area contributed by atoms with Crippen molar-refractivity contribution < 1.29 is 18.0 Å². The van der Waals surface area contributed by atoms with Gasteiger partial charge in [0.15, 0.2) is 11.8 Å². The predicted octanol–water partition coefficient (Wildman–Crippen LogP) is 2.87.